The number of piperazine rings is 1. The van der Waals surface area contributed by atoms with Gasteiger partial charge in [0.05, 0.1) is 11.8 Å². The Morgan fingerprint density at radius 3 is 2.00 bits per heavy atom. The van der Waals surface area contributed by atoms with Crippen molar-refractivity contribution < 1.29 is 8.42 Å². The summed E-state index contributed by atoms with van der Waals surface area (Å²) in [5.41, 5.74) is -0.168. The molecule has 0 amide bonds. The Kier molecular flexibility index (Phi) is 4.00. The molecule has 0 aliphatic carbocycles. The van der Waals surface area contributed by atoms with Crippen molar-refractivity contribution in [1.29, 1.82) is 0 Å². The second-order valence-electron chi connectivity index (χ2n) is 4.58. The van der Waals surface area contributed by atoms with E-state index in [-0.39, 0.29) is 5.54 Å². The monoisotopic (exact) mass is 244 g/mol. The van der Waals surface area contributed by atoms with E-state index in [9.17, 15) is 8.42 Å². The van der Waals surface area contributed by atoms with Crippen LogP contribution in [0.25, 0.3) is 0 Å². The Balaban J connectivity index is 2.65. The minimum absolute atomic E-state index is 0.168. The number of nitrogens with zero attached hydrogens (tertiary/aromatic N) is 2. The van der Waals surface area contributed by atoms with Gasteiger partial charge in [0.25, 0.3) is 0 Å². The summed E-state index contributed by atoms with van der Waals surface area (Å²) in [6.07, 6.45) is 1.26. The first-order valence-corrected chi connectivity index (χ1v) is 7.26. The molecule has 0 atom stereocenters. The Hall–Kier alpha value is -0.570. The molecular formula is C11H20N2O2S. The van der Waals surface area contributed by atoms with Crippen LogP contribution in [0.5, 0.6) is 0 Å². The van der Waals surface area contributed by atoms with Crippen LogP contribution in [-0.4, -0.2) is 55.6 Å². The average molecular weight is 244 g/mol. The molecule has 0 radical (unpaired) electrons. The van der Waals surface area contributed by atoms with Gasteiger partial charge in [0.1, 0.15) is 0 Å². The van der Waals surface area contributed by atoms with Crippen LogP contribution in [0, 0.1) is 11.8 Å². The zero-order valence-electron chi connectivity index (χ0n) is 10.4. The lowest BCUT2D eigenvalue weighted by Gasteiger charge is -2.40. The van der Waals surface area contributed by atoms with Gasteiger partial charge in [-0.2, -0.15) is 4.31 Å². The summed E-state index contributed by atoms with van der Waals surface area (Å²) in [5.74, 6) is 6.08. The summed E-state index contributed by atoms with van der Waals surface area (Å²) in [6, 6.07) is 0. The second kappa shape index (κ2) is 4.74. The van der Waals surface area contributed by atoms with Gasteiger partial charge < -0.3 is 0 Å². The predicted octanol–water partition coefficient (Wildman–Crippen LogP) is 0.366. The Bertz CT molecular complexity index is 395. The molecule has 0 aromatic heterocycles. The summed E-state index contributed by atoms with van der Waals surface area (Å²) < 4.78 is 24.2. The van der Waals surface area contributed by atoms with E-state index >= 15 is 0 Å². The van der Waals surface area contributed by atoms with E-state index < -0.39 is 10.0 Å². The minimum atomic E-state index is -3.04. The van der Waals surface area contributed by atoms with Crippen LogP contribution in [-0.2, 0) is 10.0 Å². The Morgan fingerprint density at radius 2 is 1.62 bits per heavy atom. The third-order valence-electron chi connectivity index (χ3n) is 2.93. The van der Waals surface area contributed by atoms with Gasteiger partial charge >= 0.3 is 0 Å². The topological polar surface area (TPSA) is 40.6 Å². The molecule has 0 aromatic carbocycles. The van der Waals surface area contributed by atoms with Gasteiger partial charge in [0.2, 0.25) is 10.0 Å². The highest BCUT2D eigenvalue weighted by atomic mass is 32.2. The third-order valence-corrected chi connectivity index (χ3v) is 4.23. The zero-order valence-corrected chi connectivity index (χ0v) is 11.3. The number of hydrogen-bond donors (Lipinski definition) is 0. The van der Waals surface area contributed by atoms with E-state index in [1.54, 1.807) is 0 Å². The predicted molar refractivity (Wildman–Crippen MR) is 65.5 cm³/mol. The fraction of sp³-hybridized carbons (Fsp3) is 0.818. The zero-order chi connectivity index (χ0) is 12.4. The molecule has 0 N–H and O–H groups in total. The lowest BCUT2D eigenvalue weighted by molar-refractivity contribution is 0.117. The molecule has 4 nitrogen and oxygen atoms in total. The van der Waals surface area contributed by atoms with Gasteiger partial charge in [0, 0.05) is 26.2 Å². The average Bonchev–Trinajstić information content (AvgIpc) is 2.16. The molecule has 16 heavy (non-hydrogen) atoms. The lowest BCUT2D eigenvalue weighted by Crippen LogP contribution is -2.55. The van der Waals surface area contributed by atoms with Crippen molar-refractivity contribution in [1.82, 2.24) is 9.21 Å². The molecule has 92 valence electrons. The van der Waals surface area contributed by atoms with Crippen LogP contribution < -0.4 is 0 Å². The van der Waals surface area contributed by atoms with E-state index in [4.69, 9.17) is 0 Å². The smallest absolute Gasteiger partial charge is 0.211 e. The standard InChI is InChI=1S/C11H20N2O2S/c1-5-6-11(2,3)12-7-9-13(10-8-12)16(4,14)15/h7-10H2,1-4H3. The highest BCUT2D eigenvalue weighted by Gasteiger charge is 2.30. The van der Waals surface area contributed by atoms with Gasteiger partial charge in [0.15, 0.2) is 0 Å². The molecule has 0 spiro atoms. The van der Waals surface area contributed by atoms with Gasteiger partial charge in [-0.3, -0.25) is 4.90 Å². The molecule has 0 saturated carbocycles. The quantitative estimate of drug-likeness (QED) is 0.659. The lowest BCUT2D eigenvalue weighted by atomic mass is 10.0. The van der Waals surface area contributed by atoms with Crippen molar-refractivity contribution in [2.45, 2.75) is 26.3 Å². The van der Waals surface area contributed by atoms with Crippen molar-refractivity contribution >= 4 is 10.0 Å². The first-order valence-electron chi connectivity index (χ1n) is 5.41. The fourth-order valence-electron chi connectivity index (χ4n) is 1.96. The summed E-state index contributed by atoms with van der Waals surface area (Å²) in [5, 5.41) is 0. The molecule has 1 aliphatic heterocycles. The molecule has 5 heteroatoms. The largest absolute Gasteiger partial charge is 0.285 e. The molecule has 0 bridgehead atoms. The molecule has 1 aliphatic rings. The number of hydrogen-bond acceptors (Lipinski definition) is 3. The molecule has 1 fully saturated rings. The Morgan fingerprint density at radius 1 is 1.12 bits per heavy atom. The maximum atomic E-state index is 11.3. The summed E-state index contributed by atoms with van der Waals surface area (Å²) >= 11 is 0. The van der Waals surface area contributed by atoms with Crippen LogP contribution in [0.15, 0.2) is 0 Å². The van der Waals surface area contributed by atoms with Crippen LogP contribution in [0.4, 0.5) is 0 Å². The highest BCUT2D eigenvalue weighted by Crippen LogP contribution is 2.17. The summed E-state index contributed by atoms with van der Waals surface area (Å²) in [7, 11) is -3.04. The normalized spacial score (nSPS) is 20.2. The maximum absolute atomic E-state index is 11.3. The number of sulfonamides is 1. The second-order valence-corrected chi connectivity index (χ2v) is 6.57. The maximum Gasteiger partial charge on any atom is 0.211 e. The first-order chi connectivity index (χ1) is 7.27. The molecule has 0 unspecified atom stereocenters. The minimum Gasteiger partial charge on any atom is -0.285 e. The summed E-state index contributed by atoms with van der Waals surface area (Å²) in [4.78, 5) is 2.23. The third kappa shape index (κ3) is 3.21. The number of rotatable bonds is 2. The fourth-order valence-corrected chi connectivity index (χ4v) is 2.79. The van der Waals surface area contributed by atoms with Crippen LogP contribution in [0.3, 0.4) is 0 Å². The first kappa shape index (κ1) is 13.5. The Labute approximate surface area is 98.7 Å². The van der Waals surface area contributed by atoms with Crippen LogP contribution in [0.2, 0.25) is 0 Å². The summed E-state index contributed by atoms with van der Waals surface area (Å²) in [6.45, 7) is 8.58. The van der Waals surface area contributed by atoms with E-state index in [0.717, 1.165) is 13.1 Å². The van der Waals surface area contributed by atoms with Crippen LogP contribution >= 0.6 is 0 Å². The highest BCUT2D eigenvalue weighted by molar-refractivity contribution is 7.88. The molecular weight excluding hydrogens is 224 g/mol. The van der Waals surface area contributed by atoms with Crippen molar-refractivity contribution in [2.24, 2.45) is 0 Å². The van der Waals surface area contributed by atoms with E-state index in [0.29, 0.717) is 13.1 Å². The molecule has 1 heterocycles. The van der Waals surface area contributed by atoms with Gasteiger partial charge in [-0.05, 0) is 20.8 Å². The van der Waals surface area contributed by atoms with E-state index in [2.05, 4.69) is 30.6 Å². The SMILES string of the molecule is CC#CC(C)(C)N1CCN(S(C)(=O)=O)CC1. The van der Waals surface area contributed by atoms with Gasteiger partial charge in [-0.15, -0.1) is 5.92 Å². The molecule has 1 saturated heterocycles. The van der Waals surface area contributed by atoms with Crippen molar-refractivity contribution in [3.8, 4) is 11.8 Å². The van der Waals surface area contributed by atoms with E-state index in [1.807, 2.05) is 6.92 Å². The van der Waals surface area contributed by atoms with Crippen molar-refractivity contribution in [3.05, 3.63) is 0 Å². The van der Waals surface area contributed by atoms with Crippen LogP contribution in [0.1, 0.15) is 20.8 Å². The van der Waals surface area contributed by atoms with E-state index in [1.165, 1.54) is 10.6 Å². The van der Waals surface area contributed by atoms with Gasteiger partial charge in [-0.1, -0.05) is 5.92 Å². The van der Waals surface area contributed by atoms with Crippen molar-refractivity contribution in [2.75, 3.05) is 32.4 Å². The van der Waals surface area contributed by atoms with Crippen molar-refractivity contribution in [3.63, 3.8) is 0 Å². The van der Waals surface area contributed by atoms with Gasteiger partial charge in [-0.25, -0.2) is 8.42 Å². The molecule has 1 rings (SSSR count). The molecule has 0 aromatic rings.